The van der Waals surface area contributed by atoms with E-state index in [1.165, 1.54) is 17.5 Å². The van der Waals surface area contributed by atoms with Crippen LogP contribution in [0.4, 0.5) is 11.4 Å². The molecule has 4 nitrogen and oxygen atoms in total. The Bertz CT molecular complexity index is 515. The molecule has 2 rings (SSSR count). The summed E-state index contributed by atoms with van der Waals surface area (Å²) in [4.78, 5) is 0.700. The van der Waals surface area contributed by atoms with E-state index in [1.54, 1.807) is 18.2 Å². The second kappa shape index (κ2) is 5.88. The molecule has 0 amide bonds. The molecular weight excluding hydrogens is 248 g/mol. The lowest BCUT2D eigenvalue weighted by atomic mass is 10.2. The minimum Gasteiger partial charge on any atom is -0.595 e. The minimum atomic E-state index is -0.913. The molecule has 18 heavy (non-hydrogen) atoms. The van der Waals surface area contributed by atoms with Gasteiger partial charge in [0, 0.05) is 11.8 Å². The minimum absolute atomic E-state index is 0.308. The topological polar surface area (TPSA) is 59.8 Å². The molecule has 0 saturated heterocycles. The Kier molecular flexibility index (Phi) is 4.22. The molecule has 0 fully saturated rings. The predicted octanol–water partition coefficient (Wildman–Crippen LogP) is 2.52. The Morgan fingerprint density at radius 2 is 1.78 bits per heavy atom. The van der Waals surface area contributed by atoms with E-state index in [-0.39, 0.29) is 0 Å². The Balaban J connectivity index is 2.08. The van der Waals surface area contributed by atoms with Gasteiger partial charge in [-0.3, -0.25) is 0 Å². The third-order valence-electron chi connectivity index (χ3n) is 2.45. The Morgan fingerprint density at radius 1 is 1.11 bits per heavy atom. The van der Waals surface area contributed by atoms with Gasteiger partial charge in [-0.15, -0.1) is 0 Å². The fourth-order valence-electron chi connectivity index (χ4n) is 1.47. The van der Waals surface area contributed by atoms with Crippen LogP contribution < -0.4 is 9.95 Å². The first-order valence-electron chi connectivity index (χ1n) is 5.48. The van der Waals surface area contributed by atoms with Gasteiger partial charge in [0.05, 0.1) is 4.90 Å². The second-order valence-corrected chi connectivity index (χ2v) is 4.72. The van der Waals surface area contributed by atoms with Gasteiger partial charge in [0.2, 0.25) is 0 Å². The lowest BCUT2D eigenvalue weighted by Crippen LogP contribution is -2.99. The van der Waals surface area contributed by atoms with Gasteiger partial charge in [-0.1, -0.05) is 29.8 Å². The maximum Gasteiger partial charge on any atom is 0.179 e. The average Bonchev–Trinajstić information content (AvgIpc) is 2.38. The maximum atomic E-state index is 11.0. The third kappa shape index (κ3) is 3.24. The molecular formula is C13H14N2O2S. The van der Waals surface area contributed by atoms with E-state index in [9.17, 15) is 5.21 Å². The zero-order valence-electron chi connectivity index (χ0n) is 9.88. The predicted molar refractivity (Wildman–Crippen MR) is 72.9 cm³/mol. The molecule has 0 saturated carbocycles. The SMILES string of the molecule is Cc1ccc(NSc2ccccc2[NH+]([O-])O)cc1. The summed E-state index contributed by atoms with van der Waals surface area (Å²) in [6, 6.07) is 14.9. The highest BCUT2D eigenvalue weighted by Gasteiger charge is 2.08. The highest BCUT2D eigenvalue weighted by Crippen LogP contribution is 2.25. The van der Waals surface area contributed by atoms with Crippen LogP contribution in [0.15, 0.2) is 53.4 Å². The summed E-state index contributed by atoms with van der Waals surface area (Å²) in [5, 5.41) is 19.2. The number of benzene rings is 2. The van der Waals surface area contributed by atoms with Crippen molar-refractivity contribution in [2.45, 2.75) is 11.8 Å². The van der Waals surface area contributed by atoms with Crippen molar-refractivity contribution in [3.8, 4) is 0 Å². The molecule has 94 valence electrons. The van der Waals surface area contributed by atoms with Gasteiger partial charge in [0.15, 0.2) is 5.69 Å². The Hall–Kier alpha value is -1.53. The van der Waals surface area contributed by atoms with E-state index in [2.05, 4.69) is 4.72 Å². The first kappa shape index (κ1) is 12.9. The van der Waals surface area contributed by atoms with Crippen molar-refractivity contribution < 1.29 is 10.4 Å². The van der Waals surface area contributed by atoms with Gasteiger partial charge in [0.1, 0.15) is 0 Å². The van der Waals surface area contributed by atoms with E-state index in [0.717, 1.165) is 5.69 Å². The lowest BCUT2D eigenvalue weighted by Gasteiger charge is -2.15. The molecule has 0 aliphatic heterocycles. The summed E-state index contributed by atoms with van der Waals surface area (Å²) >= 11 is 1.30. The maximum absolute atomic E-state index is 11.0. The van der Waals surface area contributed by atoms with Crippen LogP contribution in [-0.4, -0.2) is 5.21 Å². The van der Waals surface area contributed by atoms with Crippen LogP contribution in [0.1, 0.15) is 5.56 Å². The highest BCUT2D eigenvalue weighted by atomic mass is 32.2. The van der Waals surface area contributed by atoms with Gasteiger partial charge in [0.25, 0.3) is 0 Å². The fourth-order valence-corrected chi connectivity index (χ4v) is 2.24. The standard InChI is InChI=1S/C13H14N2O2S/c1-10-6-8-11(9-7-10)14-18-13-5-3-2-4-12(13)15(16)17/h2-9,14-16H,1H3. The van der Waals surface area contributed by atoms with E-state index in [1.807, 2.05) is 37.3 Å². The number of hydrogen-bond acceptors (Lipinski definition) is 4. The average molecular weight is 262 g/mol. The summed E-state index contributed by atoms with van der Waals surface area (Å²) in [5.74, 6) is 0. The monoisotopic (exact) mass is 262 g/mol. The number of para-hydroxylation sites is 1. The zero-order chi connectivity index (χ0) is 13.0. The number of nitrogens with one attached hydrogen (secondary N) is 2. The first-order valence-corrected chi connectivity index (χ1v) is 6.30. The van der Waals surface area contributed by atoms with E-state index < -0.39 is 5.23 Å². The van der Waals surface area contributed by atoms with Crippen LogP contribution in [-0.2, 0) is 0 Å². The van der Waals surface area contributed by atoms with Crippen molar-refractivity contribution in [3.05, 3.63) is 59.3 Å². The van der Waals surface area contributed by atoms with E-state index >= 15 is 0 Å². The van der Waals surface area contributed by atoms with Crippen molar-refractivity contribution in [2.75, 3.05) is 4.72 Å². The summed E-state index contributed by atoms with van der Waals surface area (Å²) in [5.41, 5.74) is 2.45. The summed E-state index contributed by atoms with van der Waals surface area (Å²) in [6.07, 6.45) is 0. The number of anilines is 1. The van der Waals surface area contributed by atoms with Crippen LogP contribution in [0, 0.1) is 12.1 Å². The molecule has 2 aromatic carbocycles. The molecule has 0 aromatic heterocycles. The molecule has 5 heteroatoms. The molecule has 0 heterocycles. The third-order valence-corrected chi connectivity index (χ3v) is 3.36. The van der Waals surface area contributed by atoms with Crippen molar-refractivity contribution in [2.24, 2.45) is 0 Å². The van der Waals surface area contributed by atoms with Crippen molar-refractivity contribution >= 4 is 23.3 Å². The van der Waals surface area contributed by atoms with Crippen LogP contribution in [0.2, 0.25) is 0 Å². The fraction of sp³-hybridized carbons (Fsp3) is 0.0769. The van der Waals surface area contributed by atoms with Gasteiger partial charge < -0.3 is 9.93 Å². The smallest absolute Gasteiger partial charge is 0.179 e. The van der Waals surface area contributed by atoms with Gasteiger partial charge in [-0.2, -0.15) is 5.23 Å². The largest absolute Gasteiger partial charge is 0.595 e. The Morgan fingerprint density at radius 3 is 2.44 bits per heavy atom. The van der Waals surface area contributed by atoms with Gasteiger partial charge in [-0.25, -0.2) is 5.21 Å². The normalized spacial score (nSPS) is 12.2. The summed E-state index contributed by atoms with van der Waals surface area (Å²) in [6.45, 7) is 2.02. The lowest BCUT2D eigenvalue weighted by molar-refractivity contribution is -0.992. The van der Waals surface area contributed by atoms with Crippen molar-refractivity contribution in [1.29, 1.82) is 0 Å². The number of quaternary nitrogens is 1. The summed E-state index contributed by atoms with van der Waals surface area (Å²) in [7, 11) is 0. The highest BCUT2D eigenvalue weighted by molar-refractivity contribution is 8.00. The number of hydrogen-bond donors (Lipinski definition) is 3. The molecule has 1 atom stereocenters. The van der Waals surface area contributed by atoms with E-state index in [4.69, 9.17) is 5.21 Å². The molecule has 2 aromatic rings. The van der Waals surface area contributed by atoms with E-state index in [0.29, 0.717) is 10.6 Å². The van der Waals surface area contributed by atoms with Gasteiger partial charge in [-0.05, 0) is 37.1 Å². The Labute approximate surface area is 110 Å². The number of aryl methyl sites for hydroxylation is 1. The molecule has 0 bridgehead atoms. The molecule has 0 aliphatic carbocycles. The zero-order valence-corrected chi connectivity index (χ0v) is 10.7. The molecule has 0 spiro atoms. The van der Waals surface area contributed by atoms with Crippen molar-refractivity contribution in [3.63, 3.8) is 0 Å². The first-order chi connectivity index (χ1) is 8.66. The molecule has 0 radical (unpaired) electrons. The van der Waals surface area contributed by atoms with Crippen LogP contribution in [0.5, 0.6) is 0 Å². The van der Waals surface area contributed by atoms with Crippen LogP contribution >= 0.6 is 11.9 Å². The second-order valence-electron chi connectivity index (χ2n) is 3.87. The summed E-state index contributed by atoms with van der Waals surface area (Å²) < 4.78 is 3.14. The van der Waals surface area contributed by atoms with Crippen LogP contribution in [0.3, 0.4) is 0 Å². The quantitative estimate of drug-likeness (QED) is 0.585. The number of rotatable bonds is 4. The molecule has 1 unspecified atom stereocenters. The molecule has 3 N–H and O–H groups in total. The van der Waals surface area contributed by atoms with Gasteiger partial charge >= 0.3 is 0 Å². The molecule has 0 aliphatic rings. The van der Waals surface area contributed by atoms with Crippen LogP contribution in [0.25, 0.3) is 0 Å². The van der Waals surface area contributed by atoms with Crippen molar-refractivity contribution in [1.82, 2.24) is 0 Å².